The van der Waals surface area contributed by atoms with Crippen LogP contribution in [0.15, 0.2) is 42.6 Å². The first-order valence-electron chi connectivity index (χ1n) is 6.07. The fourth-order valence-corrected chi connectivity index (χ4v) is 2.59. The van der Waals surface area contributed by atoms with Gasteiger partial charge in [-0.2, -0.15) is 0 Å². The predicted octanol–water partition coefficient (Wildman–Crippen LogP) is 3.69. The first-order valence-corrected chi connectivity index (χ1v) is 6.45. The first-order chi connectivity index (χ1) is 9.01. The summed E-state index contributed by atoms with van der Waals surface area (Å²) >= 11 is 6.01. The van der Waals surface area contributed by atoms with Gasteiger partial charge in [-0.3, -0.25) is 9.69 Å². The SMILES string of the molecule is CC1(C)C(=O)N(c2cccc(Cl)c2)c2ncccc21. The number of nitrogens with zero attached hydrogens (tertiary/aromatic N) is 2. The lowest BCUT2D eigenvalue weighted by Crippen LogP contribution is -2.33. The van der Waals surface area contributed by atoms with Crippen molar-refractivity contribution >= 4 is 29.0 Å². The number of anilines is 2. The van der Waals surface area contributed by atoms with Crippen molar-refractivity contribution in [3.63, 3.8) is 0 Å². The molecule has 96 valence electrons. The summed E-state index contributed by atoms with van der Waals surface area (Å²) in [6, 6.07) is 11.1. The lowest BCUT2D eigenvalue weighted by molar-refractivity contribution is -0.121. The normalized spacial score (nSPS) is 16.6. The summed E-state index contributed by atoms with van der Waals surface area (Å²) in [7, 11) is 0. The molecular formula is C15H13ClN2O. The van der Waals surface area contributed by atoms with Crippen LogP contribution in [0.2, 0.25) is 5.02 Å². The Morgan fingerprint density at radius 1 is 1.21 bits per heavy atom. The van der Waals surface area contributed by atoms with Crippen LogP contribution in [0.25, 0.3) is 0 Å². The predicted molar refractivity (Wildman–Crippen MR) is 75.9 cm³/mol. The highest BCUT2D eigenvalue weighted by Crippen LogP contribution is 2.43. The number of fused-ring (bicyclic) bond motifs is 1. The molecule has 0 aliphatic carbocycles. The van der Waals surface area contributed by atoms with Crippen LogP contribution in [0.4, 0.5) is 11.5 Å². The topological polar surface area (TPSA) is 33.2 Å². The quantitative estimate of drug-likeness (QED) is 0.793. The van der Waals surface area contributed by atoms with E-state index >= 15 is 0 Å². The number of carbonyl (C=O) groups excluding carboxylic acids is 1. The molecule has 0 unspecified atom stereocenters. The second-order valence-electron chi connectivity index (χ2n) is 5.12. The molecule has 1 aliphatic rings. The van der Waals surface area contributed by atoms with Gasteiger partial charge in [0.15, 0.2) is 0 Å². The fraction of sp³-hybridized carbons (Fsp3) is 0.200. The Hall–Kier alpha value is -1.87. The highest BCUT2D eigenvalue weighted by Gasteiger charge is 2.45. The van der Waals surface area contributed by atoms with E-state index in [0.29, 0.717) is 10.8 Å². The molecule has 4 heteroatoms. The van der Waals surface area contributed by atoms with Gasteiger partial charge in [0.2, 0.25) is 5.91 Å². The Morgan fingerprint density at radius 2 is 2.00 bits per heavy atom. The van der Waals surface area contributed by atoms with Crippen LogP contribution in [0, 0.1) is 0 Å². The maximum atomic E-state index is 12.6. The van der Waals surface area contributed by atoms with E-state index in [1.165, 1.54) is 0 Å². The molecule has 3 rings (SSSR count). The number of pyridine rings is 1. The highest BCUT2D eigenvalue weighted by atomic mass is 35.5. The van der Waals surface area contributed by atoms with Crippen LogP contribution >= 0.6 is 11.6 Å². The summed E-state index contributed by atoms with van der Waals surface area (Å²) in [5, 5.41) is 0.604. The maximum absolute atomic E-state index is 12.6. The maximum Gasteiger partial charge on any atom is 0.242 e. The average Bonchev–Trinajstić information content (AvgIpc) is 2.58. The summed E-state index contributed by atoms with van der Waals surface area (Å²) in [6.07, 6.45) is 1.70. The summed E-state index contributed by atoms with van der Waals surface area (Å²) in [5.74, 6) is 0.711. The van der Waals surface area contributed by atoms with E-state index in [1.54, 1.807) is 23.2 Å². The van der Waals surface area contributed by atoms with Crippen molar-refractivity contribution in [1.29, 1.82) is 0 Å². The van der Waals surface area contributed by atoms with Crippen LogP contribution in [0.1, 0.15) is 19.4 Å². The average molecular weight is 273 g/mol. The number of benzene rings is 1. The number of hydrogen-bond acceptors (Lipinski definition) is 2. The van der Waals surface area contributed by atoms with Gasteiger partial charge < -0.3 is 0 Å². The van der Waals surface area contributed by atoms with Crippen LogP contribution in [-0.2, 0) is 10.2 Å². The molecule has 2 heterocycles. The molecule has 0 bridgehead atoms. The first kappa shape index (κ1) is 12.2. The summed E-state index contributed by atoms with van der Waals surface area (Å²) in [4.78, 5) is 18.6. The molecule has 1 aliphatic heterocycles. The van der Waals surface area contributed by atoms with Crippen molar-refractivity contribution in [1.82, 2.24) is 4.98 Å². The van der Waals surface area contributed by atoms with Gasteiger partial charge in [0.05, 0.1) is 11.1 Å². The molecule has 0 saturated carbocycles. The third-order valence-corrected chi connectivity index (χ3v) is 3.71. The number of aromatic nitrogens is 1. The number of hydrogen-bond donors (Lipinski definition) is 0. The number of halogens is 1. The molecule has 0 N–H and O–H groups in total. The summed E-state index contributed by atoms with van der Waals surface area (Å²) < 4.78 is 0. The van der Waals surface area contributed by atoms with E-state index in [9.17, 15) is 4.79 Å². The molecule has 1 amide bonds. The van der Waals surface area contributed by atoms with Crippen molar-refractivity contribution in [2.75, 3.05) is 4.90 Å². The Morgan fingerprint density at radius 3 is 2.74 bits per heavy atom. The zero-order chi connectivity index (χ0) is 13.6. The van der Waals surface area contributed by atoms with E-state index < -0.39 is 5.41 Å². The van der Waals surface area contributed by atoms with Gasteiger partial charge in [-0.15, -0.1) is 0 Å². The zero-order valence-corrected chi connectivity index (χ0v) is 11.5. The van der Waals surface area contributed by atoms with Crippen LogP contribution in [0.5, 0.6) is 0 Å². The van der Waals surface area contributed by atoms with E-state index in [2.05, 4.69) is 4.98 Å². The minimum Gasteiger partial charge on any atom is -0.273 e. The minimum atomic E-state index is -0.564. The second kappa shape index (κ2) is 4.07. The summed E-state index contributed by atoms with van der Waals surface area (Å²) in [6.45, 7) is 3.83. The van der Waals surface area contributed by atoms with Gasteiger partial charge in [0.25, 0.3) is 0 Å². The largest absolute Gasteiger partial charge is 0.273 e. The highest BCUT2D eigenvalue weighted by molar-refractivity contribution is 6.31. The molecule has 2 aromatic rings. The molecule has 1 aromatic carbocycles. The van der Waals surface area contributed by atoms with Gasteiger partial charge in [0.1, 0.15) is 5.82 Å². The molecule has 1 aromatic heterocycles. The number of rotatable bonds is 1. The van der Waals surface area contributed by atoms with E-state index in [-0.39, 0.29) is 5.91 Å². The van der Waals surface area contributed by atoms with E-state index in [4.69, 9.17) is 11.6 Å². The Bertz CT molecular complexity index is 667. The van der Waals surface area contributed by atoms with E-state index in [1.807, 2.05) is 38.1 Å². The molecule has 0 saturated heterocycles. The van der Waals surface area contributed by atoms with Gasteiger partial charge in [0, 0.05) is 16.8 Å². The molecule has 0 atom stereocenters. The number of carbonyl (C=O) groups is 1. The molecule has 19 heavy (non-hydrogen) atoms. The summed E-state index contributed by atoms with van der Waals surface area (Å²) in [5.41, 5.74) is 1.13. The third-order valence-electron chi connectivity index (χ3n) is 3.48. The van der Waals surface area contributed by atoms with Gasteiger partial charge in [-0.05, 0) is 38.1 Å². The third kappa shape index (κ3) is 1.73. The van der Waals surface area contributed by atoms with Gasteiger partial charge in [-0.25, -0.2) is 4.98 Å². The van der Waals surface area contributed by atoms with Crippen molar-refractivity contribution in [2.45, 2.75) is 19.3 Å². The van der Waals surface area contributed by atoms with Crippen LogP contribution in [-0.4, -0.2) is 10.9 Å². The second-order valence-corrected chi connectivity index (χ2v) is 5.56. The van der Waals surface area contributed by atoms with Crippen molar-refractivity contribution in [3.05, 3.63) is 53.2 Å². The van der Waals surface area contributed by atoms with Crippen LogP contribution < -0.4 is 4.90 Å². The minimum absolute atomic E-state index is 0.0171. The molecule has 0 radical (unpaired) electrons. The van der Waals surface area contributed by atoms with E-state index in [0.717, 1.165) is 11.3 Å². The van der Waals surface area contributed by atoms with Crippen molar-refractivity contribution in [2.24, 2.45) is 0 Å². The Balaban J connectivity index is 2.21. The lowest BCUT2D eigenvalue weighted by atomic mass is 9.87. The standard InChI is InChI=1S/C15H13ClN2O/c1-15(2)12-7-4-8-17-13(12)18(14(15)19)11-6-3-5-10(16)9-11/h3-9H,1-2H3. The molecule has 0 fully saturated rings. The smallest absolute Gasteiger partial charge is 0.242 e. The molecule has 3 nitrogen and oxygen atoms in total. The van der Waals surface area contributed by atoms with Crippen molar-refractivity contribution < 1.29 is 4.79 Å². The van der Waals surface area contributed by atoms with Crippen molar-refractivity contribution in [3.8, 4) is 0 Å². The van der Waals surface area contributed by atoms with Gasteiger partial charge in [-0.1, -0.05) is 23.7 Å². The Kier molecular flexibility index (Phi) is 2.61. The van der Waals surface area contributed by atoms with Gasteiger partial charge >= 0.3 is 0 Å². The molecular weight excluding hydrogens is 260 g/mol. The van der Waals surface area contributed by atoms with Crippen LogP contribution in [0.3, 0.4) is 0 Å². The number of amides is 1. The fourth-order valence-electron chi connectivity index (χ4n) is 2.41. The monoisotopic (exact) mass is 272 g/mol. The lowest BCUT2D eigenvalue weighted by Gasteiger charge is -2.19. The molecule has 0 spiro atoms. The zero-order valence-electron chi connectivity index (χ0n) is 10.7. The Labute approximate surface area is 116 Å².